The van der Waals surface area contributed by atoms with Gasteiger partial charge in [0.15, 0.2) is 30.6 Å². The van der Waals surface area contributed by atoms with Crippen molar-refractivity contribution in [3.63, 3.8) is 0 Å². The van der Waals surface area contributed by atoms with E-state index in [9.17, 15) is 33.6 Å². The van der Waals surface area contributed by atoms with Crippen LogP contribution in [0.5, 0.6) is 0 Å². The van der Waals surface area contributed by atoms with Gasteiger partial charge < -0.3 is 33.2 Å². The van der Waals surface area contributed by atoms with Crippen LogP contribution in [0.4, 0.5) is 0 Å². The molecule has 7 atom stereocenters. The molecule has 3 heterocycles. The average Bonchev–Trinajstić information content (AvgIpc) is 3.24. The number of nitrogens with zero attached hydrogens (tertiary/aromatic N) is 3. The molecular weight excluding hydrogens is 602 g/mol. The highest BCUT2D eigenvalue weighted by Crippen LogP contribution is 2.33. The molecule has 1 aromatic carbocycles. The lowest BCUT2D eigenvalue weighted by Gasteiger charge is -2.44. The molecule has 242 valence electrons. The number of aromatic nitrogens is 3. The normalized spacial score (nSPS) is 25.4. The van der Waals surface area contributed by atoms with E-state index in [4.69, 9.17) is 33.2 Å². The zero-order valence-corrected chi connectivity index (χ0v) is 24.8. The lowest BCUT2D eigenvalue weighted by molar-refractivity contribution is -0.321. The number of methoxy groups -OCH3 is 1. The third-order valence-electron chi connectivity index (χ3n) is 6.65. The summed E-state index contributed by atoms with van der Waals surface area (Å²) in [7, 11) is 1.11. The zero-order valence-electron chi connectivity index (χ0n) is 24.8. The Morgan fingerprint density at radius 3 is 1.91 bits per heavy atom. The minimum Gasteiger partial charge on any atom is -0.467 e. The molecule has 0 saturated carbocycles. The van der Waals surface area contributed by atoms with Gasteiger partial charge in [-0.2, -0.15) is 4.68 Å². The van der Waals surface area contributed by atoms with Gasteiger partial charge in [-0.25, -0.2) is 23.6 Å². The maximum absolute atomic E-state index is 13.8. The minimum atomic E-state index is -1.69. The van der Waals surface area contributed by atoms with Crippen molar-refractivity contribution in [2.45, 2.75) is 70.7 Å². The van der Waals surface area contributed by atoms with Crippen LogP contribution in [0.1, 0.15) is 40.0 Å². The molecule has 17 heteroatoms. The van der Waals surface area contributed by atoms with Crippen molar-refractivity contribution < 1.29 is 57.1 Å². The molecule has 4 rings (SSSR count). The lowest BCUT2D eigenvalue weighted by Crippen LogP contribution is -2.63. The highest BCUT2D eigenvalue weighted by atomic mass is 16.7. The van der Waals surface area contributed by atoms with Crippen LogP contribution < -0.4 is 11.4 Å². The average molecular weight is 634 g/mol. The SMILES string of the molecule is COC(=O)[C@H]1C=C[C@H](OC2OC(COC(C)=O)C(OC(C)=O)C(OC(C)=O)C2OC(C)=O)n2c(=O)n(-c3ccccc3)c(=O)n21. The number of rotatable bonds is 9. The lowest BCUT2D eigenvalue weighted by atomic mass is 9.98. The Labute approximate surface area is 254 Å². The number of ether oxygens (including phenoxy) is 7. The van der Waals surface area contributed by atoms with Gasteiger partial charge in [-0.3, -0.25) is 19.2 Å². The van der Waals surface area contributed by atoms with E-state index in [1.165, 1.54) is 24.3 Å². The Balaban J connectivity index is 1.83. The van der Waals surface area contributed by atoms with Crippen molar-refractivity contribution in [1.29, 1.82) is 0 Å². The molecule has 0 radical (unpaired) electrons. The molecule has 0 amide bonds. The monoisotopic (exact) mass is 633 g/mol. The van der Waals surface area contributed by atoms with Crippen LogP contribution in [0.25, 0.3) is 5.69 Å². The van der Waals surface area contributed by atoms with Gasteiger partial charge in [0.05, 0.1) is 12.8 Å². The number of esters is 5. The Bertz CT molecular complexity index is 1610. The number of benzene rings is 1. The summed E-state index contributed by atoms with van der Waals surface area (Å²) in [5.74, 6) is -4.13. The highest BCUT2D eigenvalue weighted by molar-refractivity contribution is 5.76. The molecule has 17 nitrogen and oxygen atoms in total. The van der Waals surface area contributed by atoms with Crippen LogP contribution in [0.2, 0.25) is 0 Å². The first-order valence-electron chi connectivity index (χ1n) is 13.6. The van der Waals surface area contributed by atoms with Gasteiger partial charge in [0.1, 0.15) is 12.7 Å². The summed E-state index contributed by atoms with van der Waals surface area (Å²) in [6, 6.07) is 6.53. The number of carbonyl (C=O) groups is 5. The Morgan fingerprint density at radius 2 is 1.33 bits per heavy atom. The second-order valence-electron chi connectivity index (χ2n) is 9.87. The van der Waals surface area contributed by atoms with E-state index in [1.807, 2.05) is 0 Å². The van der Waals surface area contributed by atoms with Crippen molar-refractivity contribution in [2.24, 2.45) is 0 Å². The Kier molecular flexibility index (Phi) is 10.0. The maximum atomic E-state index is 13.8. The quantitative estimate of drug-likeness (QED) is 0.198. The van der Waals surface area contributed by atoms with Gasteiger partial charge in [0, 0.05) is 27.7 Å². The molecule has 5 unspecified atom stereocenters. The Hall–Kier alpha value is -5.03. The summed E-state index contributed by atoms with van der Waals surface area (Å²) in [6.45, 7) is 3.79. The third kappa shape index (κ3) is 7.04. The molecule has 45 heavy (non-hydrogen) atoms. The fraction of sp³-hybridized carbons (Fsp3) is 0.464. The van der Waals surface area contributed by atoms with Crippen LogP contribution in [0.3, 0.4) is 0 Å². The third-order valence-corrected chi connectivity index (χ3v) is 6.65. The highest BCUT2D eigenvalue weighted by Gasteiger charge is 2.53. The fourth-order valence-corrected chi connectivity index (χ4v) is 4.95. The van der Waals surface area contributed by atoms with Gasteiger partial charge in [0.25, 0.3) is 0 Å². The molecule has 0 N–H and O–H groups in total. The van der Waals surface area contributed by atoms with Crippen molar-refractivity contribution in [3.05, 3.63) is 63.5 Å². The summed E-state index contributed by atoms with van der Waals surface area (Å²) >= 11 is 0. The first kappa shape index (κ1) is 32.9. The van der Waals surface area contributed by atoms with E-state index in [2.05, 4.69) is 0 Å². The molecule has 1 aromatic heterocycles. The van der Waals surface area contributed by atoms with Crippen LogP contribution in [-0.4, -0.2) is 88.2 Å². The van der Waals surface area contributed by atoms with Gasteiger partial charge in [-0.05, 0) is 24.3 Å². The second-order valence-corrected chi connectivity index (χ2v) is 9.87. The molecule has 2 aliphatic heterocycles. The number of hydrogen-bond acceptors (Lipinski definition) is 14. The molecule has 2 aliphatic rings. The number of fused-ring (bicyclic) bond motifs is 1. The minimum absolute atomic E-state index is 0.191. The van der Waals surface area contributed by atoms with Crippen molar-refractivity contribution >= 4 is 29.8 Å². The van der Waals surface area contributed by atoms with Crippen LogP contribution >= 0.6 is 0 Å². The molecule has 1 saturated heterocycles. The van der Waals surface area contributed by atoms with Crippen LogP contribution in [0.15, 0.2) is 52.1 Å². The molecule has 0 spiro atoms. The molecular formula is C28H31N3O14. The Morgan fingerprint density at radius 1 is 0.756 bits per heavy atom. The number of para-hydroxylation sites is 1. The van der Waals surface area contributed by atoms with E-state index in [-0.39, 0.29) is 5.69 Å². The van der Waals surface area contributed by atoms with Gasteiger partial charge in [-0.15, -0.1) is 0 Å². The largest absolute Gasteiger partial charge is 0.467 e. The summed E-state index contributed by atoms with van der Waals surface area (Å²) in [5.41, 5.74) is -1.63. The van der Waals surface area contributed by atoms with Gasteiger partial charge in [0.2, 0.25) is 6.29 Å². The molecule has 1 fully saturated rings. The van der Waals surface area contributed by atoms with Crippen molar-refractivity contribution in [1.82, 2.24) is 13.9 Å². The number of carbonyl (C=O) groups excluding carboxylic acids is 5. The smallest absolute Gasteiger partial charge is 0.354 e. The molecule has 0 aliphatic carbocycles. The van der Waals surface area contributed by atoms with Crippen LogP contribution in [-0.2, 0) is 57.1 Å². The standard InChI is InChI=1S/C28H31N3O14/c1-14(32)40-13-20-22(41-15(2)33)23(42-16(3)34)24(43-17(4)35)26(44-20)45-21-12-11-19(25(36)39-5)30-27(37)29(28(38)31(21)30)18-9-7-6-8-10-18/h6-12,19-24,26H,13H2,1-5H3/t19-,20?,21+,22?,23?,24?,26?/m1/s1. The molecule has 0 bridgehead atoms. The first-order valence-corrected chi connectivity index (χ1v) is 13.6. The van der Waals surface area contributed by atoms with E-state index < -0.39 is 90.8 Å². The van der Waals surface area contributed by atoms with E-state index in [0.717, 1.165) is 48.7 Å². The van der Waals surface area contributed by atoms with Gasteiger partial charge >= 0.3 is 41.2 Å². The summed E-state index contributed by atoms with van der Waals surface area (Å²) in [4.78, 5) is 88.0. The topological polar surface area (TPSA) is 199 Å². The summed E-state index contributed by atoms with van der Waals surface area (Å²) in [5, 5.41) is 0. The predicted octanol–water partition coefficient (Wildman–Crippen LogP) is -0.317. The van der Waals surface area contributed by atoms with E-state index >= 15 is 0 Å². The van der Waals surface area contributed by atoms with Crippen LogP contribution in [0, 0.1) is 0 Å². The first-order chi connectivity index (χ1) is 21.3. The van der Waals surface area contributed by atoms with E-state index in [1.54, 1.807) is 18.2 Å². The number of hydrogen-bond donors (Lipinski definition) is 0. The fourth-order valence-electron chi connectivity index (χ4n) is 4.95. The predicted molar refractivity (Wildman–Crippen MR) is 147 cm³/mol. The zero-order chi connectivity index (χ0) is 33.0. The van der Waals surface area contributed by atoms with Crippen molar-refractivity contribution in [2.75, 3.05) is 13.7 Å². The second kappa shape index (κ2) is 13.7. The van der Waals surface area contributed by atoms with Crippen molar-refractivity contribution in [3.8, 4) is 5.69 Å². The summed E-state index contributed by atoms with van der Waals surface area (Å²) in [6.07, 6.45) is -6.57. The van der Waals surface area contributed by atoms with Gasteiger partial charge in [-0.1, -0.05) is 18.2 Å². The molecule has 2 aromatic rings. The van der Waals surface area contributed by atoms with E-state index in [0.29, 0.717) is 0 Å². The maximum Gasteiger partial charge on any atom is 0.354 e. The summed E-state index contributed by atoms with van der Waals surface area (Å²) < 4.78 is 40.6.